The molecule has 0 aliphatic rings. The first-order valence-corrected chi connectivity index (χ1v) is 6.76. The molecule has 0 aromatic heterocycles. The fourth-order valence-corrected chi connectivity index (χ4v) is 1.87. The van der Waals surface area contributed by atoms with Crippen LogP contribution in [-0.4, -0.2) is 12.3 Å². The number of ether oxygens (including phenoxy) is 1. The van der Waals surface area contributed by atoms with Gasteiger partial charge >= 0.3 is 6.18 Å². The van der Waals surface area contributed by atoms with Gasteiger partial charge in [-0.3, -0.25) is 0 Å². The zero-order valence-electron chi connectivity index (χ0n) is 11.7. The Kier molecular flexibility index (Phi) is 6.79. The third-order valence-corrected chi connectivity index (χ3v) is 2.98. The number of benzene rings is 1. The number of hydrogen-bond acceptors (Lipinski definition) is 1. The van der Waals surface area contributed by atoms with Crippen molar-refractivity contribution in [1.29, 1.82) is 0 Å². The summed E-state index contributed by atoms with van der Waals surface area (Å²) in [7, 11) is 0. The maximum Gasteiger partial charge on any atom is 0.414 e. The van der Waals surface area contributed by atoms with Gasteiger partial charge in [0, 0.05) is 0 Å². The molecule has 0 radical (unpaired) electrons. The van der Waals surface area contributed by atoms with Crippen molar-refractivity contribution < 1.29 is 17.9 Å². The molecule has 0 fully saturated rings. The Morgan fingerprint density at radius 3 is 2.40 bits per heavy atom. The summed E-state index contributed by atoms with van der Waals surface area (Å²) in [5.41, 5.74) is 1.75. The van der Waals surface area contributed by atoms with Crippen LogP contribution in [0.1, 0.15) is 38.2 Å². The van der Waals surface area contributed by atoms with E-state index in [1.165, 1.54) is 0 Å². The van der Waals surface area contributed by atoms with E-state index >= 15 is 0 Å². The van der Waals surface area contributed by atoms with Gasteiger partial charge in [0.15, 0.2) is 6.10 Å². The lowest BCUT2D eigenvalue weighted by Gasteiger charge is -2.21. The first-order valence-electron chi connectivity index (χ1n) is 6.76. The van der Waals surface area contributed by atoms with Crippen LogP contribution < -0.4 is 0 Å². The highest BCUT2D eigenvalue weighted by molar-refractivity contribution is 5.13. The summed E-state index contributed by atoms with van der Waals surface area (Å²) in [5, 5.41) is 0. The first kappa shape index (κ1) is 16.8. The highest BCUT2D eigenvalue weighted by atomic mass is 19.4. The maximum atomic E-state index is 12.9. The molecule has 0 bridgehead atoms. The monoisotopic (exact) mass is 286 g/mol. The van der Waals surface area contributed by atoms with E-state index in [9.17, 15) is 13.2 Å². The van der Waals surface area contributed by atoms with Gasteiger partial charge in [0.2, 0.25) is 0 Å². The van der Waals surface area contributed by atoms with E-state index in [1.807, 2.05) is 13.0 Å². The molecular formula is C16H21F3O. The van der Waals surface area contributed by atoms with Crippen LogP contribution in [0, 0.1) is 0 Å². The number of halogens is 3. The van der Waals surface area contributed by atoms with Crippen molar-refractivity contribution in [3.63, 3.8) is 0 Å². The van der Waals surface area contributed by atoms with E-state index in [0.29, 0.717) is 6.42 Å². The molecular weight excluding hydrogens is 265 g/mol. The second kappa shape index (κ2) is 8.10. The van der Waals surface area contributed by atoms with Gasteiger partial charge in [-0.2, -0.15) is 13.2 Å². The van der Waals surface area contributed by atoms with Gasteiger partial charge in [-0.1, -0.05) is 42.3 Å². The number of unbranched alkanes of at least 4 members (excludes halogenated alkanes) is 1. The number of hydrogen-bond donors (Lipinski definition) is 0. The van der Waals surface area contributed by atoms with Crippen LogP contribution >= 0.6 is 0 Å². The Morgan fingerprint density at radius 1 is 1.20 bits per heavy atom. The highest BCUT2D eigenvalue weighted by Crippen LogP contribution is 2.28. The Morgan fingerprint density at radius 2 is 1.85 bits per heavy atom. The standard InChI is InChI=1S/C16H21F3O/c1-13(2)8-6-7-11-15(16(17,18)19)20-12-14-9-4-3-5-10-14/h3-5,9-10,15H,1,6-8,11-12H2,2H3/t15-/m0/s1. The zero-order valence-corrected chi connectivity index (χ0v) is 11.7. The predicted octanol–water partition coefficient (Wildman–Crippen LogP) is 5.27. The molecule has 4 heteroatoms. The van der Waals surface area contributed by atoms with E-state index in [1.54, 1.807) is 24.3 Å². The summed E-state index contributed by atoms with van der Waals surface area (Å²) in [6, 6.07) is 8.91. The van der Waals surface area contributed by atoms with Crippen molar-refractivity contribution in [3.8, 4) is 0 Å². The second-order valence-corrected chi connectivity index (χ2v) is 5.03. The average Bonchev–Trinajstić information content (AvgIpc) is 2.37. The van der Waals surface area contributed by atoms with Crippen molar-refractivity contribution in [1.82, 2.24) is 0 Å². The number of allylic oxidation sites excluding steroid dienone is 1. The Balaban J connectivity index is 2.42. The predicted molar refractivity (Wildman–Crippen MR) is 74.4 cm³/mol. The van der Waals surface area contributed by atoms with Crippen LogP contribution in [0.25, 0.3) is 0 Å². The Bertz CT molecular complexity index is 398. The smallest absolute Gasteiger partial charge is 0.364 e. The summed E-state index contributed by atoms with van der Waals surface area (Å²) in [4.78, 5) is 0. The number of alkyl halides is 3. The molecule has 1 nitrogen and oxygen atoms in total. The Labute approximate surface area is 118 Å². The topological polar surface area (TPSA) is 9.23 Å². The molecule has 0 saturated heterocycles. The van der Waals surface area contributed by atoms with Gasteiger partial charge in [0.25, 0.3) is 0 Å². The summed E-state index contributed by atoms with van der Waals surface area (Å²) in [6.07, 6.45) is -4.01. The largest absolute Gasteiger partial charge is 0.414 e. The summed E-state index contributed by atoms with van der Waals surface area (Å²) in [5.74, 6) is 0. The molecule has 0 unspecified atom stereocenters. The molecule has 112 valence electrons. The highest BCUT2D eigenvalue weighted by Gasteiger charge is 2.39. The van der Waals surface area contributed by atoms with E-state index < -0.39 is 12.3 Å². The van der Waals surface area contributed by atoms with E-state index in [2.05, 4.69) is 6.58 Å². The van der Waals surface area contributed by atoms with Crippen molar-refractivity contribution in [3.05, 3.63) is 48.0 Å². The minimum absolute atomic E-state index is 0.00358. The quantitative estimate of drug-likeness (QED) is 0.467. The van der Waals surface area contributed by atoms with Gasteiger partial charge in [-0.15, -0.1) is 6.58 Å². The van der Waals surface area contributed by atoms with Gasteiger partial charge in [-0.25, -0.2) is 0 Å². The third kappa shape index (κ3) is 6.75. The van der Waals surface area contributed by atoms with Gasteiger partial charge in [0.05, 0.1) is 6.61 Å². The van der Waals surface area contributed by atoms with Crippen molar-refractivity contribution in [2.45, 2.75) is 51.5 Å². The zero-order chi connectivity index (χ0) is 15.0. The van der Waals surface area contributed by atoms with Crippen LogP contribution in [-0.2, 0) is 11.3 Å². The molecule has 1 aromatic rings. The molecule has 0 N–H and O–H groups in total. The van der Waals surface area contributed by atoms with Gasteiger partial charge < -0.3 is 4.74 Å². The lowest BCUT2D eigenvalue weighted by Crippen LogP contribution is -2.31. The van der Waals surface area contributed by atoms with Crippen molar-refractivity contribution in [2.75, 3.05) is 0 Å². The minimum Gasteiger partial charge on any atom is -0.364 e. The molecule has 0 heterocycles. The molecule has 1 atom stereocenters. The molecule has 20 heavy (non-hydrogen) atoms. The Hall–Kier alpha value is -1.29. The summed E-state index contributed by atoms with van der Waals surface area (Å²) >= 11 is 0. The molecule has 0 amide bonds. The molecule has 0 saturated carbocycles. The lowest BCUT2D eigenvalue weighted by molar-refractivity contribution is -0.225. The van der Waals surface area contributed by atoms with Crippen molar-refractivity contribution >= 4 is 0 Å². The van der Waals surface area contributed by atoms with Gasteiger partial charge in [0.1, 0.15) is 0 Å². The summed E-state index contributed by atoms with van der Waals surface area (Å²) < 4.78 is 43.7. The van der Waals surface area contributed by atoms with Gasteiger partial charge in [-0.05, 0) is 31.7 Å². The van der Waals surface area contributed by atoms with E-state index in [-0.39, 0.29) is 13.0 Å². The molecule has 1 aromatic carbocycles. The van der Waals surface area contributed by atoms with Crippen LogP contribution in [0.15, 0.2) is 42.5 Å². The SMILES string of the molecule is C=C(C)CCCC[C@H](OCc1ccccc1)C(F)(F)F. The van der Waals surface area contributed by atoms with Crippen LogP contribution in [0.4, 0.5) is 13.2 Å². The lowest BCUT2D eigenvalue weighted by atomic mass is 10.1. The minimum atomic E-state index is -4.31. The average molecular weight is 286 g/mol. The molecule has 0 spiro atoms. The van der Waals surface area contributed by atoms with E-state index in [0.717, 1.165) is 24.0 Å². The molecule has 0 aliphatic heterocycles. The maximum absolute atomic E-state index is 12.9. The van der Waals surface area contributed by atoms with Crippen LogP contribution in [0.3, 0.4) is 0 Å². The second-order valence-electron chi connectivity index (χ2n) is 5.03. The fourth-order valence-electron chi connectivity index (χ4n) is 1.87. The fraction of sp³-hybridized carbons (Fsp3) is 0.500. The number of rotatable bonds is 8. The molecule has 0 aliphatic carbocycles. The normalized spacial score (nSPS) is 13.2. The first-order chi connectivity index (χ1) is 9.39. The van der Waals surface area contributed by atoms with Crippen LogP contribution in [0.2, 0.25) is 0 Å². The van der Waals surface area contributed by atoms with E-state index in [4.69, 9.17) is 4.74 Å². The third-order valence-electron chi connectivity index (χ3n) is 2.98. The van der Waals surface area contributed by atoms with Crippen LogP contribution in [0.5, 0.6) is 0 Å². The summed E-state index contributed by atoms with van der Waals surface area (Å²) in [6.45, 7) is 5.62. The van der Waals surface area contributed by atoms with Crippen molar-refractivity contribution in [2.24, 2.45) is 0 Å². The molecule has 1 rings (SSSR count).